The molecule has 5 nitrogen and oxygen atoms in total. The highest BCUT2D eigenvalue weighted by Crippen LogP contribution is 2.33. The van der Waals surface area contributed by atoms with Gasteiger partial charge in [-0.2, -0.15) is 0 Å². The molecule has 172 valence electrons. The first-order valence-electron chi connectivity index (χ1n) is 11.1. The molecule has 0 radical (unpaired) electrons. The number of aromatic nitrogens is 1. The van der Waals surface area contributed by atoms with E-state index < -0.39 is 10.0 Å². The summed E-state index contributed by atoms with van der Waals surface area (Å²) in [5.41, 5.74) is 5.15. The number of hydrogen-bond acceptors (Lipinski definition) is 4. The Bertz CT molecular complexity index is 1380. The summed E-state index contributed by atoms with van der Waals surface area (Å²) in [6.07, 6.45) is 3.46. The zero-order valence-corrected chi connectivity index (χ0v) is 19.2. The fourth-order valence-corrected chi connectivity index (χ4v) is 5.59. The summed E-state index contributed by atoms with van der Waals surface area (Å²) in [7, 11) is -3.71. The molecular weight excluding hydrogens is 449 g/mol. The number of rotatable bonds is 6. The molecule has 34 heavy (non-hydrogen) atoms. The second kappa shape index (κ2) is 9.37. The van der Waals surface area contributed by atoms with Gasteiger partial charge in [-0.3, -0.25) is 4.98 Å². The number of sulfonamides is 1. The highest BCUT2D eigenvalue weighted by atomic mass is 32.2. The lowest BCUT2D eigenvalue weighted by atomic mass is 9.94. The summed E-state index contributed by atoms with van der Waals surface area (Å²) >= 11 is 0. The van der Waals surface area contributed by atoms with Crippen LogP contribution in [0.4, 0.5) is 10.1 Å². The Hall–Kier alpha value is -3.55. The molecule has 0 aliphatic carbocycles. The molecule has 1 N–H and O–H groups in total. The van der Waals surface area contributed by atoms with Gasteiger partial charge in [-0.05, 0) is 65.1 Å². The Labute approximate surface area is 199 Å². The molecule has 7 heteroatoms. The first-order chi connectivity index (χ1) is 16.5. The smallest absolute Gasteiger partial charge is 0.242 e. The number of pyridine rings is 1. The van der Waals surface area contributed by atoms with Crippen molar-refractivity contribution in [1.29, 1.82) is 0 Å². The molecule has 3 aromatic carbocycles. The standard InChI is InChI=1S/C27H24FN3O2S/c28-24-11-8-21(9-12-24)22-10-13-27-23(15-22)16-25(19-31(27)18-20-5-2-1-3-6-20)30-34(32,33)26-7-4-14-29-17-26/h1-15,17,25,30H,16,18-19H2. The van der Waals surface area contributed by atoms with Gasteiger partial charge in [-0.15, -0.1) is 0 Å². The second-order valence-corrected chi connectivity index (χ2v) is 10.1. The van der Waals surface area contributed by atoms with Crippen LogP contribution in [0.3, 0.4) is 0 Å². The SMILES string of the molecule is O=S(=O)(NC1Cc2cc(-c3ccc(F)cc3)ccc2N(Cc2ccccc2)C1)c1cccnc1. The fourth-order valence-electron chi connectivity index (χ4n) is 4.40. The van der Waals surface area contributed by atoms with Crippen LogP contribution in [-0.2, 0) is 23.0 Å². The van der Waals surface area contributed by atoms with E-state index in [0.29, 0.717) is 19.5 Å². The third-order valence-corrected chi connectivity index (χ3v) is 7.49. The third kappa shape index (κ3) is 4.85. The number of fused-ring (bicyclic) bond motifs is 1. The van der Waals surface area contributed by atoms with Gasteiger partial charge in [-0.1, -0.05) is 48.5 Å². The zero-order valence-electron chi connectivity index (χ0n) is 18.4. The van der Waals surface area contributed by atoms with E-state index >= 15 is 0 Å². The fraction of sp³-hybridized carbons (Fsp3) is 0.148. The molecule has 1 aromatic heterocycles. The van der Waals surface area contributed by atoms with Gasteiger partial charge in [-0.25, -0.2) is 17.5 Å². The average Bonchev–Trinajstić information content (AvgIpc) is 2.85. The minimum absolute atomic E-state index is 0.149. The highest BCUT2D eigenvalue weighted by Gasteiger charge is 2.29. The first-order valence-corrected chi connectivity index (χ1v) is 12.6. The number of nitrogens with one attached hydrogen (secondary N) is 1. The predicted molar refractivity (Wildman–Crippen MR) is 131 cm³/mol. The normalized spacial score (nSPS) is 15.7. The quantitative estimate of drug-likeness (QED) is 0.437. The van der Waals surface area contributed by atoms with E-state index in [1.54, 1.807) is 30.5 Å². The van der Waals surface area contributed by atoms with Crippen molar-refractivity contribution in [3.8, 4) is 11.1 Å². The summed E-state index contributed by atoms with van der Waals surface area (Å²) in [6.45, 7) is 1.20. The summed E-state index contributed by atoms with van der Waals surface area (Å²) < 4.78 is 42.3. The molecule has 0 bridgehead atoms. The number of benzene rings is 3. The maximum atomic E-state index is 13.4. The molecule has 1 unspecified atom stereocenters. The van der Waals surface area contributed by atoms with E-state index in [4.69, 9.17) is 0 Å². The molecule has 4 aromatic rings. The average molecular weight is 474 g/mol. The lowest BCUT2D eigenvalue weighted by Gasteiger charge is -2.36. The molecule has 0 saturated carbocycles. The second-order valence-electron chi connectivity index (χ2n) is 8.43. The van der Waals surface area contributed by atoms with Crippen LogP contribution in [0.5, 0.6) is 0 Å². The molecule has 1 aliphatic heterocycles. The summed E-state index contributed by atoms with van der Waals surface area (Å²) in [5.74, 6) is -0.277. The Balaban J connectivity index is 1.48. The van der Waals surface area contributed by atoms with Gasteiger partial charge in [0.15, 0.2) is 0 Å². The van der Waals surface area contributed by atoms with Gasteiger partial charge in [0.2, 0.25) is 10.0 Å². The largest absolute Gasteiger partial charge is 0.365 e. The number of anilines is 1. The van der Waals surface area contributed by atoms with Crippen molar-refractivity contribution < 1.29 is 12.8 Å². The van der Waals surface area contributed by atoms with Crippen LogP contribution >= 0.6 is 0 Å². The van der Waals surface area contributed by atoms with Crippen LogP contribution in [0, 0.1) is 5.82 Å². The minimum Gasteiger partial charge on any atom is -0.365 e. The van der Waals surface area contributed by atoms with Crippen molar-refractivity contribution >= 4 is 15.7 Å². The molecule has 0 spiro atoms. The molecular formula is C27H24FN3O2S. The molecule has 2 heterocycles. The number of nitrogens with zero attached hydrogens (tertiary/aromatic N) is 2. The summed E-state index contributed by atoms with van der Waals surface area (Å²) in [5, 5.41) is 0. The van der Waals surface area contributed by atoms with E-state index in [1.807, 2.05) is 24.3 Å². The van der Waals surface area contributed by atoms with Crippen LogP contribution in [0.15, 0.2) is 102 Å². The maximum Gasteiger partial charge on any atom is 0.242 e. The van der Waals surface area contributed by atoms with Gasteiger partial charge in [0.25, 0.3) is 0 Å². The van der Waals surface area contributed by atoms with Gasteiger partial charge in [0.05, 0.1) is 0 Å². The van der Waals surface area contributed by atoms with Crippen molar-refractivity contribution in [2.45, 2.75) is 23.9 Å². The van der Waals surface area contributed by atoms with E-state index in [2.05, 4.69) is 38.9 Å². The molecule has 1 aliphatic rings. The first kappa shape index (κ1) is 22.3. The number of halogens is 1. The van der Waals surface area contributed by atoms with Crippen LogP contribution in [0.1, 0.15) is 11.1 Å². The topological polar surface area (TPSA) is 62.3 Å². The lowest BCUT2D eigenvalue weighted by Crippen LogP contribution is -2.48. The van der Waals surface area contributed by atoms with Gasteiger partial charge >= 0.3 is 0 Å². The van der Waals surface area contributed by atoms with Crippen molar-refractivity contribution in [2.24, 2.45) is 0 Å². The van der Waals surface area contributed by atoms with Crippen molar-refractivity contribution in [2.75, 3.05) is 11.4 Å². The summed E-state index contributed by atoms with van der Waals surface area (Å²) in [6, 6.07) is 25.5. The Morgan fingerprint density at radius 3 is 2.44 bits per heavy atom. The lowest BCUT2D eigenvalue weighted by molar-refractivity contribution is 0.524. The monoisotopic (exact) mass is 473 g/mol. The van der Waals surface area contributed by atoms with Gasteiger partial charge in [0.1, 0.15) is 10.7 Å². The molecule has 0 amide bonds. The van der Waals surface area contributed by atoms with E-state index in [1.165, 1.54) is 18.3 Å². The van der Waals surface area contributed by atoms with Crippen LogP contribution < -0.4 is 9.62 Å². The van der Waals surface area contributed by atoms with Crippen LogP contribution in [0.25, 0.3) is 11.1 Å². The third-order valence-electron chi connectivity index (χ3n) is 5.99. The number of hydrogen-bond donors (Lipinski definition) is 1. The van der Waals surface area contributed by atoms with Crippen LogP contribution in [0.2, 0.25) is 0 Å². The molecule has 5 rings (SSSR count). The van der Waals surface area contributed by atoms with Crippen LogP contribution in [-0.4, -0.2) is 26.0 Å². The molecule has 0 saturated heterocycles. The van der Waals surface area contributed by atoms with E-state index in [9.17, 15) is 12.8 Å². The van der Waals surface area contributed by atoms with E-state index in [-0.39, 0.29) is 16.8 Å². The Morgan fingerprint density at radius 2 is 1.71 bits per heavy atom. The van der Waals surface area contributed by atoms with Crippen molar-refractivity contribution in [1.82, 2.24) is 9.71 Å². The molecule has 0 fully saturated rings. The van der Waals surface area contributed by atoms with Gasteiger partial charge < -0.3 is 4.90 Å². The summed E-state index contributed by atoms with van der Waals surface area (Å²) in [4.78, 5) is 6.30. The van der Waals surface area contributed by atoms with Crippen molar-refractivity contribution in [3.63, 3.8) is 0 Å². The Kier molecular flexibility index (Phi) is 6.13. The highest BCUT2D eigenvalue weighted by molar-refractivity contribution is 7.89. The van der Waals surface area contributed by atoms with Crippen molar-refractivity contribution in [3.05, 3.63) is 114 Å². The van der Waals surface area contributed by atoms with Gasteiger partial charge in [0, 0.05) is 37.2 Å². The Morgan fingerprint density at radius 1 is 0.941 bits per heavy atom. The maximum absolute atomic E-state index is 13.4. The molecule has 1 atom stereocenters. The minimum atomic E-state index is -3.71. The predicted octanol–water partition coefficient (Wildman–Crippen LogP) is 4.80. The van der Waals surface area contributed by atoms with E-state index in [0.717, 1.165) is 27.9 Å². The zero-order chi connectivity index (χ0) is 23.5.